The van der Waals surface area contributed by atoms with Crippen molar-refractivity contribution in [3.05, 3.63) is 54.6 Å². The van der Waals surface area contributed by atoms with Gasteiger partial charge in [-0.2, -0.15) is 0 Å². The maximum atomic E-state index is 2.16. The first-order valence-corrected chi connectivity index (χ1v) is 4.85. The minimum absolute atomic E-state index is 1.27. The van der Waals surface area contributed by atoms with Crippen LogP contribution < -0.4 is 5.46 Å². The van der Waals surface area contributed by atoms with Crippen LogP contribution in [0.25, 0.3) is 11.1 Å². The van der Waals surface area contributed by atoms with Gasteiger partial charge >= 0.3 is 0 Å². The van der Waals surface area contributed by atoms with Crippen LogP contribution in [-0.4, -0.2) is 7.28 Å². The van der Waals surface area contributed by atoms with E-state index in [2.05, 4.69) is 62.6 Å². The molecule has 0 fully saturated rings. The van der Waals surface area contributed by atoms with Gasteiger partial charge in [0.05, 0.1) is 0 Å². The van der Waals surface area contributed by atoms with E-state index in [1.54, 1.807) is 0 Å². The van der Waals surface area contributed by atoms with Gasteiger partial charge in [-0.15, -0.1) is 0 Å². The molecule has 67 valence electrons. The lowest BCUT2D eigenvalue weighted by Gasteiger charge is -2.02. The van der Waals surface area contributed by atoms with Crippen molar-refractivity contribution >= 4 is 12.7 Å². The Kier molecular flexibility index (Phi) is 2.69. The van der Waals surface area contributed by atoms with Gasteiger partial charge in [0.1, 0.15) is 7.28 Å². The molecule has 2 rings (SSSR count). The normalized spacial score (nSPS) is 9.79. The summed E-state index contributed by atoms with van der Waals surface area (Å²) in [6, 6.07) is 19.0. The summed E-state index contributed by atoms with van der Waals surface area (Å²) in [5, 5.41) is 0. The standard InChI is InChI=1S/C13H12B/c1-14-13-9-7-12(8-10-13)11-5-3-2-4-6-11/h2-10H,1H3. The van der Waals surface area contributed by atoms with Crippen LogP contribution in [0.4, 0.5) is 0 Å². The van der Waals surface area contributed by atoms with Crippen molar-refractivity contribution in [1.82, 2.24) is 0 Å². The lowest BCUT2D eigenvalue weighted by Crippen LogP contribution is -2.08. The molecular formula is C13H12B. The Hall–Kier alpha value is -1.50. The molecule has 0 saturated heterocycles. The molecule has 1 heteroatoms. The van der Waals surface area contributed by atoms with E-state index < -0.39 is 0 Å². The number of hydrogen-bond donors (Lipinski definition) is 0. The van der Waals surface area contributed by atoms with Crippen LogP contribution in [-0.2, 0) is 0 Å². The first-order valence-electron chi connectivity index (χ1n) is 4.85. The van der Waals surface area contributed by atoms with Crippen LogP contribution in [0.3, 0.4) is 0 Å². The monoisotopic (exact) mass is 179 g/mol. The predicted octanol–water partition coefficient (Wildman–Crippen LogP) is 2.73. The summed E-state index contributed by atoms with van der Waals surface area (Å²) in [5.41, 5.74) is 3.82. The summed E-state index contributed by atoms with van der Waals surface area (Å²) in [7, 11) is 2.11. The van der Waals surface area contributed by atoms with Crippen molar-refractivity contribution in [3.8, 4) is 11.1 Å². The Balaban J connectivity index is 2.34. The number of rotatable bonds is 2. The maximum absolute atomic E-state index is 2.16. The zero-order valence-corrected chi connectivity index (χ0v) is 8.27. The molecule has 0 aliphatic carbocycles. The van der Waals surface area contributed by atoms with Gasteiger partial charge in [0, 0.05) is 0 Å². The molecule has 2 aromatic rings. The highest BCUT2D eigenvalue weighted by Crippen LogP contribution is 2.16. The van der Waals surface area contributed by atoms with Crippen LogP contribution in [0, 0.1) is 0 Å². The molecule has 0 nitrogen and oxygen atoms in total. The fraction of sp³-hybridized carbons (Fsp3) is 0.0769. The molecule has 0 amide bonds. The minimum atomic E-state index is 1.27. The topological polar surface area (TPSA) is 0 Å². The lowest BCUT2D eigenvalue weighted by molar-refractivity contribution is 1.63. The maximum Gasteiger partial charge on any atom is 0.148 e. The highest BCUT2D eigenvalue weighted by molar-refractivity contribution is 6.51. The fourth-order valence-corrected chi connectivity index (χ4v) is 1.50. The third kappa shape index (κ3) is 1.87. The largest absolute Gasteiger partial charge is 0.148 e. The molecule has 0 saturated carbocycles. The predicted molar refractivity (Wildman–Crippen MR) is 63.1 cm³/mol. The summed E-state index contributed by atoms with van der Waals surface area (Å²) >= 11 is 0. The second kappa shape index (κ2) is 4.14. The molecular weight excluding hydrogens is 167 g/mol. The Labute approximate surface area is 85.8 Å². The average Bonchev–Trinajstić information content (AvgIpc) is 2.30. The fourth-order valence-electron chi connectivity index (χ4n) is 1.50. The molecule has 0 heterocycles. The second-order valence-corrected chi connectivity index (χ2v) is 3.28. The molecule has 2 aromatic carbocycles. The van der Waals surface area contributed by atoms with E-state index in [0.29, 0.717) is 0 Å². The minimum Gasteiger partial charge on any atom is -0.0881 e. The highest BCUT2D eigenvalue weighted by Gasteiger charge is 1.95. The smallest absolute Gasteiger partial charge is 0.0881 e. The Bertz CT molecular complexity index is 389. The molecule has 0 N–H and O–H groups in total. The van der Waals surface area contributed by atoms with Gasteiger partial charge in [0.15, 0.2) is 0 Å². The van der Waals surface area contributed by atoms with Gasteiger partial charge in [-0.3, -0.25) is 0 Å². The molecule has 0 aromatic heterocycles. The molecule has 0 aliphatic heterocycles. The zero-order valence-electron chi connectivity index (χ0n) is 8.27. The third-order valence-corrected chi connectivity index (χ3v) is 2.35. The van der Waals surface area contributed by atoms with Crippen molar-refractivity contribution in [3.63, 3.8) is 0 Å². The summed E-state index contributed by atoms with van der Waals surface area (Å²) in [6.07, 6.45) is 0. The summed E-state index contributed by atoms with van der Waals surface area (Å²) < 4.78 is 0. The molecule has 0 unspecified atom stereocenters. The molecule has 0 bridgehead atoms. The van der Waals surface area contributed by atoms with E-state index in [4.69, 9.17) is 0 Å². The van der Waals surface area contributed by atoms with Crippen LogP contribution in [0.5, 0.6) is 0 Å². The van der Waals surface area contributed by atoms with Gasteiger partial charge in [0.2, 0.25) is 0 Å². The van der Waals surface area contributed by atoms with E-state index >= 15 is 0 Å². The molecule has 1 radical (unpaired) electrons. The summed E-state index contributed by atoms with van der Waals surface area (Å²) in [6.45, 7) is 2.05. The van der Waals surface area contributed by atoms with E-state index in [0.717, 1.165) is 0 Å². The van der Waals surface area contributed by atoms with Crippen molar-refractivity contribution in [2.24, 2.45) is 0 Å². The first-order chi connectivity index (χ1) is 6.90. The quantitative estimate of drug-likeness (QED) is 0.621. The van der Waals surface area contributed by atoms with Crippen LogP contribution in [0.15, 0.2) is 54.6 Å². The van der Waals surface area contributed by atoms with Crippen LogP contribution >= 0.6 is 0 Å². The van der Waals surface area contributed by atoms with Crippen molar-refractivity contribution in [2.75, 3.05) is 0 Å². The van der Waals surface area contributed by atoms with E-state index in [1.807, 2.05) is 6.07 Å². The third-order valence-electron chi connectivity index (χ3n) is 2.35. The van der Waals surface area contributed by atoms with E-state index in [9.17, 15) is 0 Å². The van der Waals surface area contributed by atoms with Crippen molar-refractivity contribution < 1.29 is 0 Å². The lowest BCUT2D eigenvalue weighted by atomic mass is 9.73. The van der Waals surface area contributed by atoms with Crippen molar-refractivity contribution in [2.45, 2.75) is 6.82 Å². The number of hydrogen-bond acceptors (Lipinski definition) is 0. The molecule has 14 heavy (non-hydrogen) atoms. The zero-order chi connectivity index (χ0) is 9.80. The van der Waals surface area contributed by atoms with Crippen LogP contribution in [0.1, 0.15) is 0 Å². The molecule has 0 spiro atoms. The van der Waals surface area contributed by atoms with Crippen molar-refractivity contribution in [1.29, 1.82) is 0 Å². The summed E-state index contributed by atoms with van der Waals surface area (Å²) in [5.74, 6) is 0. The van der Waals surface area contributed by atoms with Gasteiger partial charge in [-0.25, -0.2) is 0 Å². The Morgan fingerprint density at radius 2 is 1.29 bits per heavy atom. The average molecular weight is 179 g/mol. The molecule has 0 aliphatic rings. The van der Waals surface area contributed by atoms with Gasteiger partial charge in [-0.05, 0) is 11.1 Å². The first kappa shape index (κ1) is 9.08. The Morgan fingerprint density at radius 3 is 1.86 bits per heavy atom. The van der Waals surface area contributed by atoms with Crippen LogP contribution in [0.2, 0.25) is 6.82 Å². The van der Waals surface area contributed by atoms with E-state index in [1.165, 1.54) is 16.6 Å². The molecule has 0 atom stereocenters. The van der Waals surface area contributed by atoms with E-state index in [-0.39, 0.29) is 0 Å². The second-order valence-electron chi connectivity index (χ2n) is 3.28. The SMILES string of the molecule is C[B]c1ccc(-c2ccccc2)cc1. The van der Waals surface area contributed by atoms with Gasteiger partial charge in [0.25, 0.3) is 0 Å². The summed E-state index contributed by atoms with van der Waals surface area (Å²) in [4.78, 5) is 0. The van der Waals surface area contributed by atoms with Gasteiger partial charge in [-0.1, -0.05) is 66.9 Å². The Morgan fingerprint density at radius 1 is 0.714 bits per heavy atom. The van der Waals surface area contributed by atoms with Gasteiger partial charge < -0.3 is 0 Å². The number of benzene rings is 2. The highest BCUT2D eigenvalue weighted by atomic mass is 14.0.